The van der Waals surface area contributed by atoms with Gasteiger partial charge in [-0.1, -0.05) is 24.3 Å². The van der Waals surface area contributed by atoms with Gasteiger partial charge >= 0.3 is 0 Å². The van der Waals surface area contributed by atoms with E-state index in [0.717, 1.165) is 28.0 Å². The molecule has 2 aromatic heterocycles. The number of fused-ring (bicyclic) bond motifs is 1. The van der Waals surface area contributed by atoms with Crippen LogP contribution >= 0.6 is 0 Å². The molecule has 3 heteroatoms. The monoisotopic (exact) mass is 313 g/mol. The van der Waals surface area contributed by atoms with Gasteiger partial charge in [0.1, 0.15) is 11.4 Å². The molecule has 0 aliphatic carbocycles. The molecule has 0 aliphatic rings. The molecule has 2 heterocycles. The average molecular weight is 313 g/mol. The summed E-state index contributed by atoms with van der Waals surface area (Å²) >= 11 is 0. The fraction of sp³-hybridized carbons (Fsp3) is 0.0952. The molecule has 0 saturated heterocycles. The van der Waals surface area contributed by atoms with Gasteiger partial charge in [-0.15, -0.1) is 0 Å². The van der Waals surface area contributed by atoms with Crippen LogP contribution in [0.1, 0.15) is 6.92 Å². The van der Waals surface area contributed by atoms with Crippen LogP contribution in [0.4, 0.5) is 0 Å². The van der Waals surface area contributed by atoms with Gasteiger partial charge in [-0.3, -0.25) is 0 Å². The normalized spacial score (nSPS) is 10.9. The first-order chi connectivity index (χ1) is 11.8. The number of hydrogen-bond donors (Lipinski definition) is 1. The van der Waals surface area contributed by atoms with Crippen LogP contribution in [0.25, 0.3) is 33.4 Å². The Balaban J connectivity index is 1.78. The zero-order chi connectivity index (χ0) is 16.4. The van der Waals surface area contributed by atoms with Crippen LogP contribution in [0.3, 0.4) is 0 Å². The summed E-state index contributed by atoms with van der Waals surface area (Å²) < 4.78 is 5.51. The molecule has 0 atom stereocenters. The maximum absolute atomic E-state index is 5.51. The van der Waals surface area contributed by atoms with Gasteiger partial charge in [0, 0.05) is 17.3 Å². The zero-order valence-electron chi connectivity index (χ0n) is 13.4. The predicted octanol–water partition coefficient (Wildman–Crippen LogP) is 5.10. The molecule has 0 fully saturated rings. The summed E-state index contributed by atoms with van der Waals surface area (Å²) in [6.45, 7) is 2.66. The molecule has 0 saturated carbocycles. The van der Waals surface area contributed by atoms with Crippen molar-refractivity contribution in [1.82, 2.24) is 9.97 Å². The number of hydrogen-bond acceptors (Lipinski definition) is 2. The van der Waals surface area contributed by atoms with E-state index in [1.165, 1.54) is 11.1 Å². The molecule has 4 aromatic rings. The highest BCUT2D eigenvalue weighted by Gasteiger charge is 2.09. The summed E-state index contributed by atoms with van der Waals surface area (Å²) in [5.74, 6) is 0.886. The Bertz CT molecular complexity index is 956. The number of benzene rings is 2. The molecule has 0 spiro atoms. The van der Waals surface area contributed by atoms with Crippen molar-refractivity contribution in [2.24, 2.45) is 0 Å². The summed E-state index contributed by atoms with van der Waals surface area (Å²) in [5, 5.41) is 1.12. The molecule has 1 radical (unpaired) electrons. The van der Waals surface area contributed by atoms with E-state index in [4.69, 9.17) is 4.74 Å². The molecule has 1 N–H and O–H groups in total. The minimum Gasteiger partial charge on any atom is -0.494 e. The molecule has 117 valence electrons. The third kappa shape index (κ3) is 2.65. The number of nitrogens with zero attached hydrogens (tertiary/aromatic N) is 1. The lowest BCUT2D eigenvalue weighted by Gasteiger charge is -2.03. The summed E-state index contributed by atoms with van der Waals surface area (Å²) in [7, 11) is 0. The standard InChI is InChI=1S/C21H17N2O/c1-2-24-17-10-8-16(9-11-17)20-14-19-18(12-13-22-21(19)23-20)15-6-4-3-5-7-15/h4-14H,2H2,1H3,(H,22,23). The summed E-state index contributed by atoms with van der Waals surface area (Å²) in [5.41, 5.74) is 5.39. The SMILES string of the molecule is CCOc1ccc(-c2cc3c(-c4cc[c]cc4)ccnc3[nH]2)cc1. The highest BCUT2D eigenvalue weighted by molar-refractivity contribution is 5.96. The third-order valence-corrected chi connectivity index (χ3v) is 4.04. The van der Waals surface area contributed by atoms with E-state index in [0.29, 0.717) is 6.61 Å². The van der Waals surface area contributed by atoms with Gasteiger partial charge in [-0.25, -0.2) is 4.98 Å². The van der Waals surface area contributed by atoms with Gasteiger partial charge in [-0.05, 0) is 66.1 Å². The summed E-state index contributed by atoms with van der Waals surface area (Å²) in [6, 6.07) is 23.4. The second-order valence-corrected chi connectivity index (χ2v) is 5.55. The van der Waals surface area contributed by atoms with Crippen LogP contribution in [0.15, 0.2) is 66.9 Å². The fourth-order valence-electron chi connectivity index (χ4n) is 2.90. The van der Waals surface area contributed by atoms with Crippen molar-refractivity contribution in [3.05, 3.63) is 72.9 Å². The Morgan fingerprint density at radius 1 is 1.00 bits per heavy atom. The molecule has 3 nitrogen and oxygen atoms in total. The minimum absolute atomic E-state index is 0.674. The highest BCUT2D eigenvalue weighted by atomic mass is 16.5. The molecule has 0 amide bonds. The molecule has 4 rings (SSSR count). The van der Waals surface area contributed by atoms with E-state index in [9.17, 15) is 0 Å². The molecular formula is C21H17N2O. The summed E-state index contributed by atoms with van der Waals surface area (Å²) in [4.78, 5) is 7.89. The maximum atomic E-state index is 5.51. The first-order valence-corrected chi connectivity index (χ1v) is 8.02. The van der Waals surface area contributed by atoms with E-state index in [1.54, 1.807) is 0 Å². The van der Waals surface area contributed by atoms with Crippen LogP contribution in [0, 0.1) is 6.07 Å². The lowest BCUT2D eigenvalue weighted by Crippen LogP contribution is -1.90. The van der Waals surface area contributed by atoms with Crippen LogP contribution in [-0.2, 0) is 0 Å². The van der Waals surface area contributed by atoms with E-state index in [1.807, 2.05) is 43.5 Å². The van der Waals surface area contributed by atoms with Gasteiger partial charge in [-0.2, -0.15) is 0 Å². The lowest BCUT2D eigenvalue weighted by molar-refractivity contribution is 0.340. The van der Waals surface area contributed by atoms with Crippen molar-refractivity contribution < 1.29 is 4.74 Å². The number of pyridine rings is 1. The van der Waals surface area contributed by atoms with Crippen molar-refractivity contribution in [2.45, 2.75) is 6.92 Å². The number of nitrogens with one attached hydrogen (secondary N) is 1. The summed E-state index contributed by atoms with van der Waals surface area (Å²) in [6.07, 6.45) is 1.84. The van der Waals surface area contributed by atoms with Crippen molar-refractivity contribution in [1.29, 1.82) is 0 Å². The minimum atomic E-state index is 0.674. The molecular weight excluding hydrogens is 296 g/mol. The predicted molar refractivity (Wildman–Crippen MR) is 97.0 cm³/mol. The maximum Gasteiger partial charge on any atom is 0.138 e. The molecule has 24 heavy (non-hydrogen) atoms. The van der Waals surface area contributed by atoms with E-state index in [-0.39, 0.29) is 0 Å². The fourth-order valence-corrected chi connectivity index (χ4v) is 2.90. The van der Waals surface area contributed by atoms with E-state index in [2.05, 4.69) is 46.4 Å². The Hall–Kier alpha value is -3.07. The van der Waals surface area contributed by atoms with Crippen molar-refractivity contribution in [2.75, 3.05) is 6.61 Å². The number of rotatable bonds is 4. The first kappa shape index (κ1) is 14.5. The van der Waals surface area contributed by atoms with Gasteiger partial charge in [0.25, 0.3) is 0 Å². The van der Waals surface area contributed by atoms with Crippen molar-refractivity contribution >= 4 is 11.0 Å². The molecule has 0 aliphatic heterocycles. The van der Waals surface area contributed by atoms with Crippen molar-refractivity contribution in [3.63, 3.8) is 0 Å². The Morgan fingerprint density at radius 2 is 1.79 bits per heavy atom. The van der Waals surface area contributed by atoms with Crippen LogP contribution in [0.5, 0.6) is 5.75 Å². The van der Waals surface area contributed by atoms with E-state index < -0.39 is 0 Å². The number of aromatic amines is 1. The number of ether oxygens (including phenoxy) is 1. The van der Waals surface area contributed by atoms with E-state index >= 15 is 0 Å². The van der Waals surface area contributed by atoms with Gasteiger partial charge in [0.2, 0.25) is 0 Å². The Morgan fingerprint density at radius 3 is 2.54 bits per heavy atom. The quantitative estimate of drug-likeness (QED) is 0.569. The highest BCUT2D eigenvalue weighted by Crippen LogP contribution is 2.31. The smallest absolute Gasteiger partial charge is 0.138 e. The largest absolute Gasteiger partial charge is 0.494 e. The van der Waals surface area contributed by atoms with Crippen LogP contribution in [0.2, 0.25) is 0 Å². The third-order valence-electron chi connectivity index (χ3n) is 4.04. The van der Waals surface area contributed by atoms with Gasteiger partial charge < -0.3 is 9.72 Å². The second-order valence-electron chi connectivity index (χ2n) is 5.55. The Labute approximate surface area is 140 Å². The van der Waals surface area contributed by atoms with Crippen LogP contribution < -0.4 is 4.74 Å². The van der Waals surface area contributed by atoms with Crippen LogP contribution in [-0.4, -0.2) is 16.6 Å². The molecule has 0 bridgehead atoms. The molecule has 0 unspecified atom stereocenters. The second kappa shape index (κ2) is 6.20. The lowest BCUT2D eigenvalue weighted by atomic mass is 10.0. The number of aromatic nitrogens is 2. The average Bonchev–Trinajstić information content (AvgIpc) is 3.07. The first-order valence-electron chi connectivity index (χ1n) is 8.02. The Kier molecular flexibility index (Phi) is 3.75. The topological polar surface area (TPSA) is 37.9 Å². The number of H-pyrrole nitrogens is 1. The van der Waals surface area contributed by atoms with Crippen molar-refractivity contribution in [3.8, 4) is 28.1 Å². The van der Waals surface area contributed by atoms with Gasteiger partial charge in [0.05, 0.1) is 6.61 Å². The molecule has 2 aromatic carbocycles. The van der Waals surface area contributed by atoms with Gasteiger partial charge in [0.15, 0.2) is 0 Å². The zero-order valence-corrected chi connectivity index (χ0v) is 13.4.